The minimum Gasteiger partial charge on any atom is -0.508 e. The zero-order valence-corrected chi connectivity index (χ0v) is 20.5. The molecule has 6 atom stereocenters. The number of hydrogen-bond acceptors (Lipinski definition) is 9. The van der Waals surface area contributed by atoms with Crippen molar-refractivity contribution in [2.75, 3.05) is 0 Å². The van der Waals surface area contributed by atoms with Gasteiger partial charge in [-0.2, -0.15) is 0 Å². The van der Waals surface area contributed by atoms with Gasteiger partial charge in [-0.3, -0.25) is 19.2 Å². The Labute approximate surface area is 207 Å². The minimum absolute atomic E-state index is 0.430. The van der Waals surface area contributed by atoms with E-state index in [1.54, 1.807) is 32.1 Å². The maximum atomic E-state index is 14.0. The molecule has 0 amide bonds. The van der Waals surface area contributed by atoms with Crippen molar-refractivity contribution in [3.05, 3.63) is 71.3 Å². The van der Waals surface area contributed by atoms with Crippen molar-refractivity contribution >= 4 is 23.1 Å². The number of carbonyl (C=O) groups excluding carboxylic acids is 4. The van der Waals surface area contributed by atoms with Crippen molar-refractivity contribution in [1.29, 1.82) is 0 Å². The van der Waals surface area contributed by atoms with E-state index in [1.807, 2.05) is 0 Å². The normalized spacial score (nSPS) is 44.8. The smallest absolute Gasteiger partial charge is 0.218 e. The van der Waals surface area contributed by atoms with E-state index in [4.69, 9.17) is 4.74 Å². The Kier molecular flexibility index (Phi) is 5.39. The first-order valence-electron chi connectivity index (χ1n) is 11.5. The molecule has 4 N–H and O–H groups in total. The molecule has 2 heterocycles. The summed E-state index contributed by atoms with van der Waals surface area (Å²) in [6.45, 7) is 6.83. The summed E-state index contributed by atoms with van der Waals surface area (Å²) in [6.07, 6.45) is 11.3. The summed E-state index contributed by atoms with van der Waals surface area (Å²) >= 11 is 0. The van der Waals surface area contributed by atoms with Crippen LogP contribution < -0.4 is 0 Å². The van der Waals surface area contributed by atoms with Crippen molar-refractivity contribution in [2.45, 2.75) is 51.6 Å². The van der Waals surface area contributed by atoms with Gasteiger partial charge in [0.2, 0.25) is 17.2 Å². The average Bonchev–Trinajstić information content (AvgIpc) is 3.00. The number of ketones is 4. The molecule has 9 nitrogen and oxygen atoms in total. The van der Waals surface area contributed by atoms with Crippen LogP contribution in [-0.4, -0.2) is 60.5 Å². The lowest BCUT2D eigenvalue weighted by Crippen LogP contribution is -2.82. The van der Waals surface area contributed by atoms with E-state index >= 15 is 0 Å². The van der Waals surface area contributed by atoms with Crippen LogP contribution >= 0.6 is 0 Å². The highest BCUT2D eigenvalue weighted by Crippen LogP contribution is 2.75. The van der Waals surface area contributed by atoms with Crippen LogP contribution in [0.2, 0.25) is 0 Å². The largest absolute Gasteiger partial charge is 0.508 e. The predicted octanol–water partition coefficient (Wildman–Crippen LogP) is 2.03. The summed E-state index contributed by atoms with van der Waals surface area (Å²) in [6, 6.07) is 0. The molecule has 4 aliphatic rings. The Balaban J connectivity index is 2.18. The Morgan fingerprint density at radius 3 is 1.86 bits per heavy atom. The van der Waals surface area contributed by atoms with Crippen LogP contribution in [0, 0.1) is 16.7 Å². The van der Waals surface area contributed by atoms with Crippen molar-refractivity contribution in [1.82, 2.24) is 0 Å². The number of rotatable bonds is 4. The molecule has 4 fully saturated rings. The van der Waals surface area contributed by atoms with E-state index < -0.39 is 79.5 Å². The molecule has 0 aromatic heterocycles. The fourth-order valence-corrected chi connectivity index (χ4v) is 6.47. The van der Waals surface area contributed by atoms with Crippen molar-refractivity contribution in [3.8, 4) is 0 Å². The van der Waals surface area contributed by atoms with Gasteiger partial charge in [0, 0.05) is 11.5 Å². The summed E-state index contributed by atoms with van der Waals surface area (Å²) in [5.74, 6) is -10.8. The molecule has 2 saturated carbocycles. The lowest BCUT2D eigenvalue weighted by molar-refractivity contribution is -0.350. The Morgan fingerprint density at radius 2 is 1.33 bits per heavy atom. The van der Waals surface area contributed by atoms with Crippen LogP contribution in [-0.2, 0) is 23.9 Å². The number of aliphatic hydroxyl groups is 4. The van der Waals surface area contributed by atoms with Gasteiger partial charge in [-0.25, -0.2) is 0 Å². The number of Topliss-reactive ketones (excluding diaryl/α,β-unsaturated/α-hetero) is 4. The number of hydrogen-bond donors (Lipinski definition) is 4. The van der Waals surface area contributed by atoms with Gasteiger partial charge in [-0.1, -0.05) is 36.5 Å². The Morgan fingerprint density at radius 1 is 0.806 bits per heavy atom. The van der Waals surface area contributed by atoms with Crippen LogP contribution in [0.1, 0.15) is 34.6 Å². The van der Waals surface area contributed by atoms with Crippen LogP contribution in [0.15, 0.2) is 71.3 Å². The Bertz CT molecular complexity index is 1310. The number of aliphatic hydroxyl groups excluding tert-OH is 2. The molecule has 0 aromatic carbocycles. The highest BCUT2D eigenvalue weighted by molar-refractivity contribution is 6.36. The van der Waals surface area contributed by atoms with Gasteiger partial charge in [0.1, 0.15) is 28.1 Å². The van der Waals surface area contributed by atoms with Gasteiger partial charge >= 0.3 is 0 Å². The topological polar surface area (TPSA) is 158 Å². The molecule has 4 rings (SSSR count). The molecule has 2 saturated heterocycles. The molecular weight excluding hydrogens is 468 g/mol. The van der Waals surface area contributed by atoms with E-state index in [9.17, 15) is 39.6 Å². The second-order valence-electron chi connectivity index (χ2n) is 9.97. The third-order valence-corrected chi connectivity index (χ3v) is 8.20. The number of carbonyl (C=O) groups is 4. The molecule has 0 aromatic rings. The zero-order valence-electron chi connectivity index (χ0n) is 20.5. The number of fused-ring (bicyclic) bond motifs is 3. The van der Waals surface area contributed by atoms with Gasteiger partial charge in [-0.05, 0) is 46.8 Å². The molecule has 2 aliphatic carbocycles. The monoisotopic (exact) mass is 496 g/mol. The first kappa shape index (κ1) is 25.7. The highest BCUT2D eigenvalue weighted by atomic mass is 16.7. The van der Waals surface area contributed by atoms with Crippen molar-refractivity contribution in [3.63, 3.8) is 0 Å². The fraction of sp³-hybridized carbons (Fsp3) is 0.407. The second-order valence-corrected chi connectivity index (χ2v) is 9.97. The zero-order chi connectivity index (χ0) is 27.1. The lowest BCUT2D eigenvalue weighted by Gasteiger charge is -2.58. The summed E-state index contributed by atoms with van der Waals surface area (Å²) in [4.78, 5) is 55.4. The number of allylic oxidation sites excluding steroid dienone is 8. The SMILES string of the molecule is C/C=C/C=C/C(O)=C1/C(=O)[C@]2(C)C(=O)[C@@]3(C)O[C@@]4(O)[C@@]2(O)C(=O)\C(=C(O)/C=C/C=C/C)C(=O)[C@@]4(C)[C@@H]13. The van der Waals surface area contributed by atoms with Gasteiger partial charge in [-0.15, -0.1) is 0 Å². The van der Waals surface area contributed by atoms with E-state index in [1.165, 1.54) is 31.2 Å². The molecule has 9 heteroatoms. The molecule has 190 valence electrons. The summed E-state index contributed by atoms with van der Waals surface area (Å²) < 4.78 is 5.72. The lowest BCUT2D eigenvalue weighted by atomic mass is 9.53. The highest BCUT2D eigenvalue weighted by Gasteiger charge is 2.95. The maximum Gasteiger partial charge on any atom is 0.218 e. The van der Waals surface area contributed by atoms with Crippen molar-refractivity contribution in [2.24, 2.45) is 16.7 Å². The van der Waals surface area contributed by atoms with Crippen LogP contribution in [0.25, 0.3) is 0 Å². The van der Waals surface area contributed by atoms with Crippen LogP contribution in [0.4, 0.5) is 0 Å². The first-order valence-corrected chi connectivity index (χ1v) is 11.5. The van der Waals surface area contributed by atoms with E-state index in [-0.39, 0.29) is 0 Å². The third kappa shape index (κ3) is 2.40. The Hall–Kier alpha value is -3.40. The van der Waals surface area contributed by atoms with Gasteiger partial charge in [0.25, 0.3) is 0 Å². The predicted molar refractivity (Wildman–Crippen MR) is 126 cm³/mol. The third-order valence-electron chi connectivity index (χ3n) is 8.20. The number of ether oxygens (including phenoxy) is 1. The van der Waals surface area contributed by atoms with E-state index in [0.717, 1.165) is 19.9 Å². The molecule has 2 aliphatic heterocycles. The molecule has 0 unspecified atom stereocenters. The first-order chi connectivity index (χ1) is 16.7. The van der Waals surface area contributed by atoms with Crippen LogP contribution in [0.5, 0.6) is 0 Å². The minimum atomic E-state index is -3.28. The van der Waals surface area contributed by atoms with Gasteiger partial charge < -0.3 is 25.2 Å². The van der Waals surface area contributed by atoms with Gasteiger partial charge in [0.05, 0.1) is 5.41 Å². The molecule has 36 heavy (non-hydrogen) atoms. The molecule has 3 bridgehead atoms. The van der Waals surface area contributed by atoms with Crippen LogP contribution in [0.3, 0.4) is 0 Å². The standard InChI is InChI=1S/C27H28O9/c1-6-8-10-12-14(28)16-18-23(3)20(31)17(15(29)13-11-9-7-2)21(32)26(34)24(4,19(16)30)22(33)25(18,5)36-27(23,26)35/h6-13,18,28-29,34-35H,1-5H3/b8-6+,9-7+,12-10+,13-11+,16-14-,17-15+/t18-,23-,24-,25+,26-,27-/m1/s1. The van der Waals surface area contributed by atoms with E-state index in [2.05, 4.69) is 0 Å². The van der Waals surface area contributed by atoms with E-state index in [0.29, 0.717) is 0 Å². The molecule has 0 spiro atoms. The summed E-state index contributed by atoms with van der Waals surface area (Å²) in [7, 11) is 0. The second kappa shape index (κ2) is 7.55. The van der Waals surface area contributed by atoms with Gasteiger partial charge in [0.15, 0.2) is 17.3 Å². The van der Waals surface area contributed by atoms with Crippen molar-refractivity contribution < 1.29 is 44.3 Å². The fourth-order valence-electron chi connectivity index (χ4n) is 6.47. The molecule has 0 radical (unpaired) electrons. The average molecular weight is 497 g/mol. The maximum absolute atomic E-state index is 14.0. The molecular formula is C27H28O9. The quantitative estimate of drug-likeness (QED) is 0.150. The summed E-state index contributed by atoms with van der Waals surface area (Å²) in [5.41, 5.74) is -11.6. The summed E-state index contributed by atoms with van der Waals surface area (Å²) in [5, 5.41) is 45.5.